The van der Waals surface area contributed by atoms with E-state index in [1.54, 1.807) is 24.3 Å². The molecule has 0 saturated heterocycles. The Morgan fingerprint density at radius 2 is 1.96 bits per heavy atom. The molecule has 9 heteroatoms. The molecule has 0 amide bonds. The Bertz CT molecular complexity index is 1120. The molecule has 0 radical (unpaired) electrons. The minimum atomic E-state index is -0.596. The summed E-state index contributed by atoms with van der Waals surface area (Å²) in [6.07, 6.45) is 0. The van der Waals surface area contributed by atoms with Crippen LogP contribution >= 0.6 is 12.2 Å². The van der Waals surface area contributed by atoms with Crippen LogP contribution in [0.5, 0.6) is 11.5 Å². The minimum Gasteiger partial charge on any atom is -0.454 e. The summed E-state index contributed by atoms with van der Waals surface area (Å²) in [7, 11) is 0. The number of ether oxygens (including phenoxy) is 2. The number of H-pyrrole nitrogens is 1. The normalized spacial score (nSPS) is 12.2. The maximum atomic E-state index is 12.4. The van der Waals surface area contributed by atoms with Gasteiger partial charge in [-0.25, -0.2) is 4.79 Å². The SMILES string of the molecule is O=c1[nH]c2ccccc2c(=O)n1NC(=S)NCc1ccc2c(c1)OCO2. The molecule has 3 aromatic rings. The number of fused-ring (bicyclic) bond motifs is 2. The number of nitrogens with one attached hydrogen (secondary N) is 3. The second-order valence-electron chi connectivity index (χ2n) is 5.60. The van der Waals surface area contributed by atoms with Crippen molar-refractivity contribution in [2.24, 2.45) is 0 Å². The zero-order chi connectivity index (χ0) is 18.1. The van der Waals surface area contributed by atoms with Gasteiger partial charge in [0.1, 0.15) is 0 Å². The highest BCUT2D eigenvalue weighted by Crippen LogP contribution is 2.32. The number of rotatable bonds is 3. The fourth-order valence-electron chi connectivity index (χ4n) is 2.64. The molecule has 0 atom stereocenters. The highest BCUT2D eigenvalue weighted by atomic mass is 32.1. The molecule has 0 saturated carbocycles. The van der Waals surface area contributed by atoms with Gasteiger partial charge < -0.3 is 19.8 Å². The van der Waals surface area contributed by atoms with Gasteiger partial charge >= 0.3 is 5.69 Å². The highest BCUT2D eigenvalue weighted by Gasteiger charge is 2.13. The Hall–Kier alpha value is -3.33. The Labute approximate surface area is 152 Å². The zero-order valence-electron chi connectivity index (χ0n) is 13.4. The van der Waals surface area contributed by atoms with E-state index in [1.165, 1.54) is 0 Å². The Balaban J connectivity index is 1.49. The lowest BCUT2D eigenvalue weighted by molar-refractivity contribution is 0.174. The summed E-state index contributed by atoms with van der Waals surface area (Å²) in [6, 6.07) is 12.3. The van der Waals surface area contributed by atoms with Crippen LogP contribution in [0, 0.1) is 0 Å². The number of nitrogens with zero attached hydrogens (tertiary/aromatic N) is 1. The molecule has 26 heavy (non-hydrogen) atoms. The summed E-state index contributed by atoms with van der Waals surface area (Å²) in [6.45, 7) is 0.600. The molecule has 0 bridgehead atoms. The first-order valence-corrected chi connectivity index (χ1v) is 8.20. The molecule has 8 nitrogen and oxygen atoms in total. The quantitative estimate of drug-likeness (QED) is 0.593. The van der Waals surface area contributed by atoms with Gasteiger partial charge in [0.05, 0.1) is 10.9 Å². The van der Waals surface area contributed by atoms with E-state index >= 15 is 0 Å². The predicted molar refractivity (Wildman–Crippen MR) is 100 cm³/mol. The van der Waals surface area contributed by atoms with Crippen LogP contribution in [0.3, 0.4) is 0 Å². The van der Waals surface area contributed by atoms with Crippen molar-refractivity contribution < 1.29 is 9.47 Å². The van der Waals surface area contributed by atoms with E-state index in [4.69, 9.17) is 21.7 Å². The summed E-state index contributed by atoms with van der Waals surface area (Å²) < 4.78 is 11.4. The van der Waals surface area contributed by atoms with Crippen LogP contribution < -0.4 is 31.5 Å². The fourth-order valence-corrected chi connectivity index (χ4v) is 2.80. The third-order valence-corrected chi connectivity index (χ3v) is 4.14. The van der Waals surface area contributed by atoms with Gasteiger partial charge in [0, 0.05) is 6.54 Å². The number of benzene rings is 2. The van der Waals surface area contributed by atoms with Crippen molar-refractivity contribution in [2.45, 2.75) is 6.54 Å². The van der Waals surface area contributed by atoms with Crippen LogP contribution in [0.1, 0.15) is 5.56 Å². The van der Waals surface area contributed by atoms with E-state index in [2.05, 4.69) is 15.7 Å². The minimum absolute atomic E-state index is 0.144. The summed E-state index contributed by atoms with van der Waals surface area (Å²) in [4.78, 5) is 27.2. The molecule has 1 aliphatic rings. The van der Waals surface area contributed by atoms with E-state index in [1.807, 2.05) is 18.2 Å². The molecule has 3 N–H and O–H groups in total. The number of thiocarbonyl (C=S) groups is 1. The molecule has 0 unspecified atom stereocenters. The van der Waals surface area contributed by atoms with Gasteiger partial charge in [-0.05, 0) is 42.0 Å². The van der Waals surface area contributed by atoms with Crippen molar-refractivity contribution in [3.05, 3.63) is 68.9 Å². The summed E-state index contributed by atoms with van der Waals surface area (Å²) in [5.41, 5.74) is 2.93. The molecule has 4 rings (SSSR count). The Morgan fingerprint density at radius 3 is 2.85 bits per heavy atom. The molecule has 0 aliphatic carbocycles. The van der Waals surface area contributed by atoms with Crippen molar-refractivity contribution in [1.82, 2.24) is 15.0 Å². The maximum Gasteiger partial charge on any atom is 0.348 e. The second kappa shape index (κ2) is 6.52. The van der Waals surface area contributed by atoms with Crippen molar-refractivity contribution in [1.29, 1.82) is 0 Å². The number of para-hydroxylation sites is 1. The van der Waals surface area contributed by atoms with E-state index in [-0.39, 0.29) is 11.9 Å². The van der Waals surface area contributed by atoms with Crippen LogP contribution in [0.15, 0.2) is 52.1 Å². The van der Waals surface area contributed by atoms with Crippen LogP contribution in [-0.2, 0) is 6.54 Å². The van der Waals surface area contributed by atoms with Crippen LogP contribution in [0.2, 0.25) is 0 Å². The van der Waals surface area contributed by atoms with Gasteiger partial charge in [-0.15, -0.1) is 0 Å². The molecule has 1 aromatic heterocycles. The van der Waals surface area contributed by atoms with Gasteiger partial charge in [0.2, 0.25) is 6.79 Å². The lowest BCUT2D eigenvalue weighted by Gasteiger charge is -2.12. The largest absolute Gasteiger partial charge is 0.454 e. The van der Waals surface area contributed by atoms with Gasteiger partial charge in [-0.3, -0.25) is 10.2 Å². The van der Waals surface area contributed by atoms with Gasteiger partial charge in [0.25, 0.3) is 5.56 Å². The number of hydrogen-bond donors (Lipinski definition) is 3. The topological polar surface area (TPSA) is 97.4 Å². The summed E-state index contributed by atoms with van der Waals surface area (Å²) in [5.74, 6) is 1.37. The third kappa shape index (κ3) is 3.00. The number of aromatic nitrogens is 2. The van der Waals surface area contributed by atoms with E-state index in [9.17, 15) is 9.59 Å². The third-order valence-electron chi connectivity index (χ3n) is 3.91. The van der Waals surface area contributed by atoms with Crippen molar-refractivity contribution in [3.8, 4) is 11.5 Å². The van der Waals surface area contributed by atoms with Gasteiger partial charge in [0.15, 0.2) is 16.6 Å². The fraction of sp³-hybridized carbons (Fsp3) is 0.118. The van der Waals surface area contributed by atoms with Crippen molar-refractivity contribution >= 4 is 28.2 Å². The first-order valence-electron chi connectivity index (χ1n) is 7.79. The van der Waals surface area contributed by atoms with Crippen LogP contribution in [-0.4, -0.2) is 21.6 Å². The molecule has 132 valence electrons. The number of hydrogen-bond acceptors (Lipinski definition) is 5. The molecule has 2 heterocycles. The molecule has 0 spiro atoms. The Kier molecular flexibility index (Phi) is 4.05. The molecule has 2 aromatic carbocycles. The van der Waals surface area contributed by atoms with Gasteiger partial charge in [-0.2, -0.15) is 4.68 Å². The standard InChI is InChI=1S/C17H14N4O4S/c22-15-11-3-1-2-4-12(11)19-17(23)21(15)20-16(26)18-8-10-5-6-13-14(7-10)25-9-24-13/h1-7H,8-9H2,(H,19,23)(H2,18,20,26). The summed E-state index contributed by atoms with van der Waals surface area (Å²) in [5, 5.41) is 3.48. The highest BCUT2D eigenvalue weighted by molar-refractivity contribution is 7.80. The van der Waals surface area contributed by atoms with E-state index < -0.39 is 11.2 Å². The molecule has 0 fully saturated rings. The monoisotopic (exact) mass is 370 g/mol. The van der Waals surface area contributed by atoms with Crippen LogP contribution in [0.4, 0.5) is 0 Å². The average molecular weight is 370 g/mol. The smallest absolute Gasteiger partial charge is 0.348 e. The first kappa shape index (κ1) is 16.2. The second-order valence-corrected chi connectivity index (χ2v) is 6.01. The molecule has 1 aliphatic heterocycles. The number of aromatic amines is 1. The van der Waals surface area contributed by atoms with Crippen LogP contribution in [0.25, 0.3) is 10.9 Å². The van der Waals surface area contributed by atoms with Gasteiger partial charge in [-0.1, -0.05) is 18.2 Å². The van der Waals surface area contributed by atoms with Crippen molar-refractivity contribution in [2.75, 3.05) is 12.2 Å². The first-order chi connectivity index (χ1) is 12.6. The summed E-state index contributed by atoms with van der Waals surface area (Å²) >= 11 is 5.19. The van der Waals surface area contributed by atoms with E-state index in [0.717, 1.165) is 10.2 Å². The zero-order valence-corrected chi connectivity index (χ0v) is 14.3. The predicted octanol–water partition coefficient (Wildman–Crippen LogP) is 1.04. The maximum absolute atomic E-state index is 12.4. The van der Waals surface area contributed by atoms with E-state index in [0.29, 0.717) is 28.9 Å². The van der Waals surface area contributed by atoms with Crippen molar-refractivity contribution in [3.63, 3.8) is 0 Å². The molecular weight excluding hydrogens is 356 g/mol. The lowest BCUT2D eigenvalue weighted by Crippen LogP contribution is -2.46. The lowest BCUT2D eigenvalue weighted by atomic mass is 10.2. The average Bonchev–Trinajstić information content (AvgIpc) is 3.11. The molecular formula is C17H14N4O4S. The Morgan fingerprint density at radius 1 is 1.15 bits per heavy atom.